The Bertz CT molecular complexity index is 909. The first-order chi connectivity index (χ1) is 12.2. The molecule has 7 nitrogen and oxygen atoms in total. The fourth-order valence-electron chi connectivity index (χ4n) is 2.74. The van der Waals surface area contributed by atoms with Crippen LogP contribution in [0.15, 0.2) is 51.2 Å². The number of rotatable bonds is 6. The van der Waals surface area contributed by atoms with Gasteiger partial charge in [0.2, 0.25) is 0 Å². The van der Waals surface area contributed by atoms with Crippen molar-refractivity contribution in [3.63, 3.8) is 0 Å². The Labute approximate surface area is 149 Å². The fourth-order valence-corrected chi connectivity index (χ4v) is 2.74. The van der Waals surface area contributed by atoms with Gasteiger partial charge in [0.15, 0.2) is 0 Å². The van der Waals surface area contributed by atoms with Crippen LogP contribution in [0.2, 0.25) is 0 Å². The zero-order valence-electron chi connectivity index (χ0n) is 14.5. The minimum absolute atomic E-state index is 0.0488. The summed E-state index contributed by atoms with van der Waals surface area (Å²) in [6, 6.07) is 7.92. The number of fused-ring (bicyclic) bond motifs is 1. The van der Waals surface area contributed by atoms with Gasteiger partial charge in [-0.1, -0.05) is 0 Å². The van der Waals surface area contributed by atoms with Crippen molar-refractivity contribution in [1.29, 1.82) is 0 Å². The summed E-state index contributed by atoms with van der Waals surface area (Å²) in [6.07, 6.45) is -0.126. The molecule has 0 spiro atoms. The Morgan fingerprint density at radius 3 is 2.69 bits per heavy atom. The SMILES string of the molecule is CC1=C[C@@H](C[C@@](C)(O)[C@H](O)COc2ccc3ccc(=O)oc3c2)OC1=O. The molecule has 7 heteroatoms. The molecular formula is C19H20O7. The molecule has 1 aliphatic rings. The Kier molecular flexibility index (Phi) is 4.84. The zero-order valence-corrected chi connectivity index (χ0v) is 14.5. The van der Waals surface area contributed by atoms with Crippen LogP contribution in [0.5, 0.6) is 5.75 Å². The van der Waals surface area contributed by atoms with Crippen LogP contribution < -0.4 is 10.4 Å². The van der Waals surface area contributed by atoms with Gasteiger partial charge in [-0.2, -0.15) is 0 Å². The van der Waals surface area contributed by atoms with Crippen LogP contribution >= 0.6 is 0 Å². The van der Waals surface area contributed by atoms with Gasteiger partial charge in [-0.15, -0.1) is 0 Å². The third-order valence-corrected chi connectivity index (χ3v) is 4.35. The third-order valence-electron chi connectivity index (χ3n) is 4.35. The van der Waals surface area contributed by atoms with Gasteiger partial charge in [0, 0.05) is 29.5 Å². The Morgan fingerprint density at radius 1 is 1.27 bits per heavy atom. The van der Waals surface area contributed by atoms with E-state index in [4.69, 9.17) is 13.9 Å². The van der Waals surface area contributed by atoms with Gasteiger partial charge in [0.25, 0.3) is 0 Å². The summed E-state index contributed by atoms with van der Waals surface area (Å²) in [4.78, 5) is 22.7. The Balaban J connectivity index is 1.63. The van der Waals surface area contributed by atoms with Crippen LogP contribution in [-0.2, 0) is 9.53 Å². The van der Waals surface area contributed by atoms with E-state index < -0.39 is 29.4 Å². The summed E-state index contributed by atoms with van der Waals surface area (Å²) < 4.78 is 15.7. The van der Waals surface area contributed by atoms with E-state index in [1.165, 1.54) is 13.0 Å². The molecule has 2 heterocycles. The highest BCUT2D eigenvalue weighted by Crippen LogP contribution is 2.26. The number of aliphatic hydroxyl groups excluding tert-OH is 1. The number of hydrogen-bond donors (Lipinski definition) is 2. The first-order valence-corrected chi connectivity index (χ1v) is 8.21. The van der Waals surface area contributed by atoms with Crippen LogP contribution in [-0.4, -0.2) is 40.6 Å². The highest BCUT2D eigenvalue weighted by molar-refractivity contribution is 5.90. The van der Waals surface area contributed by atoms with E-state index in [0.717, 1.165) is 5.39 Å². The van der Waals surface area contributed by atoms with Gasteiger partial charge in [0.1, 0.15) is 30.1 Å². The molecule has 0 fully saturated rings. The van der Waals surface area contributed by atoms with Crippen molar-refractivity contribution in [2.75, 3.05) is 6.61 Å². The lowest BCUT2D eigenvalue weighted by Crippen LogP contribution is -2.45. The van der Waals surface area contributed by atoms with E-state index in [9.17, 15) is 19.8 Å². The van der Waals surface area contributed by atoms with E-state index in [0.29, 0.717) is 16.9 Å². The molecule has 0 bridgehead atoms. The monoisotopic (exact) mass is 360 g/mol. The lowest BCUT2D eigenvalue weighted by Gasteiger charge is -2.30. The quantitative estimate of drug-likeness (QED) is 0.594. The van der Waals surface area contributed by atoms with Gasteiger partial charge < -0.3 is 24.1 Å². The fraction of sp³-hybridized carbons (Fsp3) is 0.368. The largest absolute Gasteiger partial charge is 0.491 e. The van der Waals surface area contributed by atoms with Crippen molar-refractivity contribution in [1.82, 2.24) is 0 Å². The lowest BCUT2D eigenvalue weighted by atomic mass is 9.92. The molecule has 26 heavy (non-hydrogen) atoms. The van der Waals surface area contributed by atoms with Crippen LogP contribution in [0.1, 0.15) is 20.3 Å². The first-order valence-electron chi connectivity index (χ1n) is 8.21. The molecule has 0 aliphatic carbocycles. The second-order valence-electron chi connectivity index (χ2n) is 6.64. The number of ether oxygens (including phenoxy) is 2. The molecule has 2 aromatic rings. The summed E-state index contributed by atoms with van der Waals surface area (Å²) in [5, 5.41) is 21.5. The summed E-state index contributed by atoms with van der Waals surface area (Å²) in [5.41, 5.74) is -1.13. The number of carbonyl (C=O) groups excluding carboxylic acids is 1. The average molecular weight is 360 g/mol. The lowest BCUT2D eigenvalue weighted by molar-refractivity contribution is -0.144. The molecule has 1 aromatic heterocycles. The minimum Gasteiger partial charge on any atom is -0.491 e. The standard InChI is InChI=1S/C19H20O7/c1-11-7-14(25-18(11)22)9-19(2,23)16(20)10-24-13-5-3-12-4-6-17(21)26-15(12)8-13/h3-8,14,16,20,23H,9-10H2,1-2H3/t14-,16+,19+/m0/s1. The summed E-state index contributed by atoms with van der Waals surface area (Å²) in [5.74, 6) is -0.0288. The molecule has 3 rings (SSSR count). The molecule has 0 saturated heterocycles. The summed E-state index contributed by atoms with van der Waals surface area (Å²) in [7, 11) is 0. The van der Waals surface area contributed by atoms with Crippen LogP contribution in [0, 0.1) is 0 Å². The molecule has 0 saturated carbocycles. The van der Waals surface area contributed by atoms with E-state index in [1.54, 1.807) is 37.3 Å². The summed E-state index contributed by atoms with van der Waals surface area (Å²) in [6.45, 7) is 2.91. The maximum atomic E-state index is 11.4. The minimum atomic E-state index is -1.52. The van der Waals surface area contributed by atoms with E-state index >= 15 is 0 Å². The van der Waals surface area contributed by atoms with Crippen molar-refractivity contribution in [2.45, 2.75) is 38.1 Å². The molecule has 0 unspecified atom stereocenters. The number of aliphatic hydroxyl groups is 2. The normalized spacial score (nSPS) is 20.4. The Hall–Kier alpha value is -2.64. The smallest absolute Gasteiger partial charge is 0.336 e. The number of benzene rings is 1. The van der Waals surface area contributed by atoms with Gasteiger partial charge in [-0.05, 0) is 38.1 Å². The number of cyclic esters (lactones) is 1. The molecule has 3 atom stereocenters. The van der Waals surface area contributed by atoms with Gasteiger partial charge in [-0.25, -0.2) is 9.59 Å². The van der Waals surface area contributed by atoms with Crippen molar-refractivity contribution in [3.8, 4) is 5.75 Å². The maximum Gasteiger partial charge on any atom is 0.336 e. The van der Waals surface area contributed by atoms with Crippen LogP contribution in [0.3, 0.4) is 0 Å². The van der Waals surface area contributed by atoms with E-state index in [2.05, 4.69) is 0 Å². The van der Waals surface area contributed by atoms with Crippen LogP contribution in [0.4, 0.5) is 0 Å². The highest BCUT2D eigenvalue weighted by atomic mass is 16.5. The van der Waals surface area contributed by atoms with Crippen molar-refractivity contribution in [3.05, 3.63) is 52.4 Å². The maximum absolute atomic E-state index is 11.4. The predicted octanol–water partition coefficient (Wildman–Crippen LogP) is 1.55. The molecule has 1 aromatic carbocycles. The third kappa shape index (κ3) is 3.95. The zero-order chi connectivity index (χ0) is 18.9. The van der Waals surface area contributed by atoms with Crippen molar-refractivity contribution < 1.29 is 28.9 Å². The Morgan fingerprint density at radius 2 is 2.00 bits per heavy atom. The predicted molar refractivity (Wildman–Crippen MR) is 92.9 cm³/mol. The first kappa shape index (κ1) is 18.2. The van der Waals surface area contributed by atoms with E-state index in [1.807, 2.05) is 0 Å². The number of carbonyl (C=O) groups is 1. The second-order valence-corrected chi connectivity index (χ2v) is 6.64. The van der Waals surface area contributed by atoms with Crippen LogP contribution in [0.25, 0.3) is 11.0 Å². The van der Waals surface area contributed by atoms with Gasteiger partial charge in [0.05, 0.1) is 5.60 Å². The average Bonchev–Trinajstić information content (AvgIpc) is 2.88. The molecule has 0 amide bonds. The highest BCUT2D eigenvalue weighted by Gasteiger charge is 2.36. The van der Waals surface area contributed by atoms with E-state index in [-0.39, 0.29) is 13.0 Å². The number of esters is 1. The molecule has 1 aliphatic heterocycles. The molecule has 138 valence electrons. The molecule has 0 radical (unpaired) electrons. The summed E-state index contributed by atoms with van der Waals surface area (Å²) >= 11 is 0. The molecular weight excluding hydrogens is 340 g/mol. The van der Waals surface area contributed by atoms with Crippen molar-refractivity contribution >= 4 is 16.9 Å². The second kappa shape index (κ2) is 6.93. The number of hydrogen-bond acceptors (Lipinski definition) is 7. The van der Waals surface area contributed by atoms with Gasteiger partial charge >= 0.3 is 11.6 Å². The topological polar surface area (TPSA) is 106 Å². The van der Waals surface area contributed by atoms with Crippen molar-refractivity contribution in [2.24, 2.45) is 0 Å². The van der Waals surface area contributed by atoms with Gasteiger partial charge in [-0.3, -0.25) is 0 Å². The molecule has 2 N–H and O–H groups in total.